The first-order valence-corrected chi connectivity index (χ1v) is 6.94. The highest BCUT2D eigenvalue weighted by Gasteiger charge is 2.15. The van der Waals surface area contributed by atoms with E-state index < -0.39 is 5.97 Å². The molecule has 5 nitrogen and oxygen atoms in total. The second-order valence-corrected chi connectivity index (χ2v) is 5.16. The predicted molar refractivity (Wildman–Crippen MR) is 81.5 cm³/mol. The van der Waals surface area contributed by atoms with Crippen LogP contribution in [0.1, 0.15) is 23.5 Å². The van der Waals surface area contributed by atoms with Gasteiger partial charge in [0.05, 0.1) is 29.7 Å². The second kappa shape index (κ2) is 7.15. The highest BCUT2D eigenvalue weighted by atomic mass is 35.5. The lowest BCUT2D eigenvalue weighted by atomic mass is 9.95. The van der Waals surface area contributed by atoms with Crippen LogP contribution in [-0.2, 0) is 11.3 Å². The van der Waals surface area contributed by atoms with Gasteiger partial charge in [0, 0.05) is 18.0 Å². The third kappa shape index (κ3) is 4.24. The zero-order valence-electron chi connectivity index (χ0n) is 11.4. The van der Waals surface area contributed by atoms with Crippen molar-refractivity contribution in [1.29, 1.82) is 0 Å². The molecule has 1 aromatic heterocycles. The van der Waals surface area contributed by atoms with E-state index in [0.717, 1.165) is 16.8 Å². The highest BCUT2D eigenvalue weighted by molar-refractivity contribution is 6.33. The summed E-state index contributed by atoms with van der Waals surface area (Å²) < 4.78 is 5.00. The fraction of sp³-hybridized carbons (Fsp3) is 0.267. The third-order valence-corrected chi connectivity index (χ3v) is 3.56. The van der Waals surface area contributed by atoms with E-state index >= 15 is 0 Å². The van der Waals surface area contributed by atoms with Gasteiger partial charge in [-0.25, -0.2) is 0 Å². The van der Waals surface area contributed by atoms with Crippen LogP contribution < -0.4 is 11.1 Å². The number of benzene rings is 1. The Bertz CT molecular complexity index is 599. The molecule has 21 heavy (non-hydrogen) atoms. The average Bonchev–Trinajstić information content (AvgIpc) is 2.97. The van der Waals surface area contributed by atoms with Crippen LogP contribution >= 0.6 is 11.6 Å². The third-order valence-electron chi connectivity index (χ3n) is 3.23. The van der Waals surface area contributed by atoms with Gasteiger partial charge < -0.3 is 20.6 Å². The van der Waals surface area contributed by atoms with Crippen molar-refractivity contribution >= 4 is 23.3 Å². The molecule has 2 rings (SSSR count). The molecule has 0 aliphatic heterocycles. The lowest BCUT2D eigenvalue weighted by molar-refractivity contribution is -0.137. The number of nitrogens with two attached hydrogens (primary N) is 1. The maximum absolute atomic E-state index is 10.9. The van der Waals surface area contributed by atoms with Crippen molar-refractivity contribution in [3.05, 3.63) is 52.9 Å². The van der Waals surface area contributed by atoms with E-state index in [1.165, 1.54) is 0 Å². The Morgan fingerprint density at radius 3 is 2.86 bits per heavy atom. The molecule has 1 heterocycles. The standard InChI is InChI=1S/C15H17ClN2O3/c16-13-2-1-11(12(7-17)6-15(19)20)5-14(13)18-8-10-3-4-21-9-10/h1-5,9,12,18H,6-8,17H2,(H,19,20)/t12-/m0/s1. The van der Waals surface area contributed by atoms with Crippen LogP contribution in [0.2, 0.25) is 5.02 Å². The van der Waals surface area contributed by atoms with E-state index in [0.29, 0.717) is 11.6 Å². The molecule has 0 bridgehead atoms. The van der Waals surface area contributed by atoms with Crippen LogP contribution in [0.25, 0.3) is 0 Å². The van der Waals surface area contributed by atoms with E-state index in [1.807, 2.05) is 18.2 Å². The van der Waals surface area contributed by atoms with Gasteiger partial charge >= 0.3 is 5.97 Å². The van der Waals surface area contributed by atoms with Crippen molar-refractivity contribution in [2.75, 3.05) is 11.9 Å². The van der Waals surface area contributed by atoms with E-state index in [2.05, 4.69) is 5.32 Å². The molecule has 4 N–H and O–H groups in total. The molecule has 1 atom stereocenters. The lowest BCUT2D eigenvalue weighted by Crippen LogP contribution is -2.16. The summed E-state index contributed by atoms with van der Waals surface area (Å²) in [6.07, 6.45) is 3.25. The summed E-state index contributed by atoms with van der Waals surface area (Å²) in [4.78, 5) is 10.9. The van der Waals surface area contributed by atoms with Gasteiger partial charge in [0.1, 0.15) is 0 Å². The van der Waals surface area contributed by atoms with Crippen LogP contribution in [-0.4, -0.2) is 17.6 Å². The minimum absolute atomic E-state index is 0.000692. The fourth-order valence-electron chi connectivity index (χ4n) is 2.07. The van der Waals surface area contributed by atoms with Crippen molar-refractivity contribution < 1.29 is 14.3 Å². The molecule has 112 valence electrons. The van der Waals surface area contributed by atoms with Crippen molar-refractivity contribution in [3.8, 4) is 0 Å². The van der Waals surface area contributed by atoms with Crippen molar-refractivity contribution in [3.63, 3.8) is 0 Å². The first-order valence-electron chi connectivity index (χ1n) is 6.56. The fourth-order valence-corrected chi connectivity index (χ4v) is 2.26. The zero-order chi connectivity index (χ0) is 15.2. The Balaban J connectivity index is 2.13. The molecule has 6 heteroatoms. The maximum atomic E-state index is 10.9. The summed E-state index contributed by atoms with van der Waals surface area (Å²) in [5.74, 6) is -1.09. The van der Waals surface area contributed by atoms with Gasteiger partial charge in [0.25, 0.3) is 0 Å². The molecular weight excluding hydrogens is 292 g/mol. The van der Waals surface area contributed by atoms with E-state index in [-0.39, 0.29) is 18.9 Å². The number of carboxylic acid groups (broad SMARTS) is 1. The quantitative estimate of drug-likeness (QED) is 0.731. The first kappa shape index (κ1) is 15.4. The van der Waals surface area contributed by atoms with E-state index in [9.17, 15) is 4.79 Å². The van der Waals surface area contributed by atoms with Gasteiger partial charge in [-0.1, -0.05) is 17.7 Å². The minimum atomic E-state index is -0.867. The summed E-state index contributed by atoms with van der Waals surface area (Å²) in [6.45, 7) is 0.848. The van der Waals surface area contributed by atoms with Crippen molar-refractivity contribution in [2.45, 2.75) is 18.9 Å². The monoisotopic (exact) mass is 308 g/mol. The van der Waals surface area contributed by atoms with Crippen LogP contribution in [0.4, 0.5) is 5.69 Å². The summed E-state index contributed by atoms with van der Waals surface area (Å²) in [7, 11) is 0. The van der Waals surface area contributed by atoms with E-state index in [1.54, 1.807) is 18.6 Å². The predicted octanol–water partition coefficient (Wildman–Crippen LogP) is 3.06. The topological polar surface area (TPSA) is 88.5 Å². The van der Waals surface area contributed by atoms with Gasteiger partial charge in [-0.3, -0.25) is 4.79 Å². The molecular formula is C15H17ClN2O3. The van der Waals surface area contributed by atoms with Crippen molar-refractivity contribution in [2.24, 2.45) is 5.73 Å². The first-order chi connectivity index (χ1) is 10.1. The number of carbonyl (C=O) groups is 1. The summed E-state index contributed by atoms with van der Waals surface area (Å²) in [6, 6.07) is 7.27. The van der Waals surface area contributed by atoms with E-state index in [4.69, 9.17) is 26.9 Å². The number of anilines is 1. The van der Waals surface area contributed by atoms with Crippen molar-refractivity contribution in [1.82, 2.24) is 0 Å². The molecule has 0 aliphatic carbocycles. The van der Waals surface area contributed by atoms with Gasteiger partial charge in [0.15, 0.2) is 0 Å². The molecule has 1 aromatic carbocycles. The molecule has 2 aromatic rings. The normalized spacial score (nSPS) is 12.1. The largest absolute Gasteiger partial charge is 0.481 e. The number of hydrogen-bond donors (Lipinski definition) is 3. The SMILES string of the molecule is NC[C@H](CC(=O)O)c1ccc(Cl)c(NCc2ccoc2)c1. The van der Waals surface area contributed by atoms with Gasteiger partial charge in [-0.2, -0.15) is 0 Å². The molecule has 0 aliphatic rings. The molecule has 0 unspecified atom stereocenters. The average molecular weight is 309 g/mol. The summed E-state index contributed by atoms with van der Waals surface area (Å²) in [5, 5.41) is 12.7. The summed E-state index contributed by atoms with van der Waals surface area (Å²) in [5.41, 5.74) is 8.27. The smallest absolute Gasteiger partial charge is 0.304 e. The second-order valence-electron chi connectivity index (χ2n) is 4.75. The number of nitrogens with one attached hydrogen (secondary N) is 1. The van der Waals surface area contributed by atoms with Gasteiger partial charge in [-0.05, 0) is 30.3 Å². The van der Waals surface area contributed by atoms with Crippen LogP contribution in [0.3, 0.4) is 0 Å². The van der Waals surface area contributed by atoms with Crippen LogP contribution in [0, 0.1) is 0 Å². The Labute approximate surface area is 127 Å². The molecule has 0 radical (unpaired) electrons. The Hall–Kier alpha value is -1.98. The molecule has 0 spiro atoms. The molecule has 0 amide bonds. The Morgan fingerprint density at radius 1 is 1.43 bits per heavy atom. The lowest BCUT2D eigenvalue weighted by Gasteiger charge is -2.15. The molecule has 0 saturated heterocycles. The highest BCUT2D eigenvalue weighted by Crippen LogP contribution is 2.28. The molecule has 0 fully saturated rings. The Morgan fingerprint density at radius 2 is 2.24 bits per heavy atom. The number of rotatable bonds is 7. The van der Waals surface area contributed by atoms with Crippen LogP contribution in [0.5, 0.6) is 0 Å². The number of carboxylic acids is 1. The number of hydrogen-bond acceptors (Lipinski definition) is 4. The number of aliphatic carboxylic acids is 1. The minimum Gasteiger partial charge on any atom is -0.481 e. The van der Waals surface area contributed by atoms with Gasteiger partial charge in [-0.15, -0.1) is 0 Å². The molecule has 0 saturated carbocycles. The Kier molecular flexibility index (Phi) is 5.25. The number of halogens is 1. The number of furan rings is 1. The maximum Gasteiger partial charge on any atom is 0.304 e. The van der Waals surface area contributed by atoms with Gasteiger partial charge in [0.2, 0.25) is 0 Å². The van der Waals surface area contributed by atoms with Crippen LogP contribution in [0.15, 0.2) is 41.2 Å². The zero-order valence-corrected chi connectivity index (χ0v) is 12.1. The summed E-state index contributed by atoms with van der Waals surface area (Å²) >= 11 is 6.16.